The quantitative estimate of drug-likeness (QED) is 0.289. The lowest BCUT2D eigenvalue weighted by molar-refractivity contribution is -0.139. The summed E-state index contributed by atoms with van der Waals surface area (Å²) in [6.45, 7) is 1.89. The van der Waals surface area contributed by atoms with E-state index in [0.717, 1.165) is 0 Å². The zero-order valence-electron chi connectivity index (χ0n) is 15.8. The number of hydrogen-bond donors (Lipinski definition) is 3. The van der Waals surface area contributed by atoms with Crippen LogP contribution in [0.1, 0.15) is 18.7 Å². The number of aromatic nitrogens is 3. The van der Waals surface area contributed by atoms with Crippen LogP contribution in [0.2, 0.25) is 0 Å². The first-order chi connectivity index (χ1) is 14.6. The van der Waals surface area contributed by atoms with Crippen molar-refractivity contribution in [3.05, 3.63) is 53.8 Å². The molecule has 4 rings (SSSR count). The highest BCUT2D eigenvalue weighted by Crippen LogP contribution is 2.31. The van der Waals surface area contributed by atoms with Gasteiger partial charge in [0.1, 0.15) is 11.8 Å². The van der Waals surface area contributed by atoms with Gasteiger partial charge in [-0.3, -0.25) is 0 Å². The smallest absolute Gasteiger partial charge is 0.338 e. The lowest BCUT2D eigenvalue weighted by Crippen LogP contribution is -2.46. The molecule has 4 heterocycles. The van der Waals surface area contributed by atoms with Crippen LogP contribution in [0, 0.1) is 0 Å². The Morgan fingerprint density at radius 3 is 2.80 bits per heavy atom. The summed E-state index contributed by atoms with van der Waals surface area (Å²) in [6.07, 6.45) is 2.97. The number of nitrogen functional groups attached to an aromatic ring is 1. The third-order valence-electron chi connectivity index (χ3n) is 4.23. The minimum absolute atomic E-state index is 0.186. The molecule has 3 aromatic heterocycles. The number of ether oxygens (including phenoxy) is 1. The first-order valence-corrected chi connectivity index (χ1v) is 9.95. The van der Waals surface area contributed by atoms with Crippen molar-refractivity contribution in [2.75, 3.05) is 18.2 Å². The molecule has 0 saturated heterocycles. The van der Waals surface area contributed by atoms with Gasteiger partial charge in [0.2, 0.25) is 11.0 Å². The second-order valence-electron chi connectivity index (χ2n) is 6.10. The molecule has 1 atom stereocenters. The van der Waals surface area contributed by atoms with Crippen molar-refractivity contribution in [3.8, 4) is 11.6 Å². The normalized spacial score (nSPS) is 16.3. The van der Waals surface area contributed by atoms with Crippen LogP contribution in [0.3, 0.4) is 0 Å². The van der Waals surface area contributed by atoms with Crippen LogP contribution in [0.5, 0.6) is 0 Å². The average Bonchev–Trinajstić information content (AvgIpc) is 3.48. The second-order valence-corrected chi connectivity index (χ2v) is 7.04. The van der Waals surface area contributed by atoms with Crippen molar-refractivity contribution >= 4 is 23.8 Å². The van der Waals surface area contributed by atoms with E-state index in [1.54, 1.807) is 31.2 Å². The number of nitrogens with zero attached hydrogens (tertiary/aromatic N) is 3. The zero-order valence-corrected chi connectivity index (χ0v) is 16.6. The van der Waals surface area contributed by atoms with Gasteiger partial charge in [0, 0.05) is 11.4 Å². The molecule has 12 heteroatoms. The van der Waals surface area contributed by atoms with Crippen LogP contribution >= 0.6 is 11.8 Å². The molecule has 4 N–H and O–H groups in total. The van der Waals surface area contributed by atoms with E-state index in [2.05, 4.69) is 20.8 Å². The van der Waals surface area contributed by atoms with Gasteiger partial charge in [0.15, 0.2) is 5.76 Å². The number of esters is 1. The molecule has 156 valence electrons. The maximum absolute atomic E-state index is 12.7. The predicted molar refractivity (Wildman–Crippen MR) is 105 cm³/mol. The molecular weight excluding hydrogens is 412 g/mol. The Hall–Kier alpha value is -3.67. The van der Waals surface area contributed by atoms with E-state index in [9.17, 15) is 9.59 Å². The van der Waals surface area contributed by atoms with Crippen LogP contribution in [-0.2, 0) is 9.53 Å². The monoisotopic (exact) mass is 430 g/mol. The van der Waals surface area contributed by atoms with E-state index in [1.807, 2.05) is 0 Å². The third-order valence-corrected chi connectivity index (χ3v) is 5.20. The van der Waals surface area contributed by atoms with E-state index < -0.39 is 18.0 Å². The van der Waals surface area contributed by atoms with Crippen molar-refractivity contribution in [2.45, 2.75) is 18.1 Å². The SMILES string of the molecule is CCOC(=O)C1=C(CSc2nnc(-c3ccco3)n2N)NC(=O)NC1c1ccco1. The minimum atomic E-state index is -0.780. The third kappa shape index (κ3) is 3.76. The molecule has 0 aromatic carbocycles. The fraction of sp³-hybridized carbons (Fsp3) is 0.222. The zero-order chi connectivity index (χ0) is 21.1. The molecule has 11 nitrogen and oxygen atoms in total. The molecule has 1 aliphatic heterocycles. The van der Waals surface area contributed by atoms with E-state index in [-0.39, 0.29) is 17.9 Å². The maximum Gasteiger partial charge on any atom is 0.338 e. The Balaban J connectivity index is 1.63. The van der Waals surface area contributed by atoms with Gasteiger partial charge in [0.25, 0.3) is 0 Å². The number of thioether (sulfide) groups is 1. The van der Waals surface area contributed by atoms with Gasteiger partial charge >= 0.3 is 12.0 Å². The van der Waals surface area contributed by atoms with Gasteiger partial charge in [-0.1, -0.05) is 11.8 Å². The number of amides is 2. The van der Waals surface area contributed by atoms with Crippen LogP contribution in [0.15, 0.2) is 62.1 Å². The number of urea groups is 1. The first-order valence-electron chi connectivity index (χ1n) is 8.96. The van der Waals surface area contributed by atoms with Gasteiger partial charge in [-0.25, -0.2) is 14.3 Å². The maximum atomic E-state index is 12.7. The minimum Gasteiger partial charge on any atom is -0.467 e. The molecule has 2 amide bonds. The van der Waals surface area contributed by atoms with E-state index >= 15 is 0 Å². The average molecular weight is 430 g/mol. The summed E-state index contributed by atoms with van der Waals surface area (Å²) in [5, 5.41) is 13.8. The molecule has 0 saturated carbocycles. The summed E-state index contributed by atoms with van der Waals surface area (Å²) < 4.78 is 17.2. The molecule has 0 bridgehead atoms. The van der Waals surface area contributed by atoms with Crippen molar-refractivity contribution in [1.29, 1.82) is 0 Å². The Morgan fingerprint density at radius 1 is 1.30 bits per heavy atom. The van der Waals surface area contributed by atoms with Gasteiger partial charge < -0.3 is 30.0 Å². The van der Waals surface area contributed by atoms with Gasteiger partial charge in [-0.05, 0) is 31.2 Å². The van der Waals surface area contributed by atoms with E-state index in [0.29, 0.717) is 28.2 Å². The topological polar surface area (TPSA) is 150 Å². The molecule has 0 radical (unpaired) electrons. The molecule has 1 aliphatic rings. The lowest BCUT2D eigenvalue weighted by Gasteiger charge is -2.27. The number of hydrogen-bond acceptors (Lipinski definition) is 9. The summed E-state index contributed by atoms with van der Waals surface area (Å²) >= 11 is 1.20. The summed E-state index contributed by atoms with van der Waals surface area (Å²) in [5.41, 5.74) is 0.611. The molecule has 1 unspecified atom stereocenters. The Bertz CT molecular complexity index is 1070. The van der Waals surface area contributed by atoms with E-state index in [1.165, 1.54) is 29.0 Å². The molecular formula is C18H18N6O5S. The van der Waals surface area contributed by atoms with Crippen LogP contribution in [0.4, 0.5) is 4.79 Å². The highest BCUT2D eigenvalue weighted by molar-refractivity contribution is 7.99. The second kappa shape index (κ2) is 8.37. The van der Waals surface area contributed by atoms with Gasteiger partial charge in [-0.2, -0.15) is 0 Å². The number of furan rings is 2. The Kier molecular flexibility index (Phi) is 5.48. The number of carbonyl (C=O) groups is 2. The number of nitrogens with two attached hydrogens (primary N) is 1. The molecule has 3 aromatic rings. The summed E-state index contributed by atoms with van der Waals surface area (Å²) in [4.78, 5) is 24.9. The van der Waals surface area contributed by atoms with Crippen LogP contribution in [0.25, 0.3) is 11.6 Å². The van der Waals surface area contributed by atoms with E-state index in [4.69, 9.17) is 19.4 Å². The molecule has 0 aliphatic carbocycles. The fourth-order valence-corrected chi connectivity index (χ4v) is 3.76. The number of rotatable bonds is 7. The molecule has 0 fully saturated rings. The van der Waals surface area contributed by atoms with Crippen molar-refractivity contribution in [1.82, 2.24) is 25.5 Å². The van der Waals surface area contributed by atoms with Crippen molar-refractivity contribution in [3.63, 3.8) is 0 Å². The standard InChI is InChI=1S/C18H18N6O5S/c1-2-27-16(25)13-10(20-17(26)21-14(13)11-5-3-7-28-11)9-30-18-23-22-15(24(18)19)12-6-4-8-29-12/h3-8,14H,2,9,19H2,1H3,(H2,20,21,26). The van der Waals surface area contributed by atoms with Crippen LogP contribution < -0.4 is 16.5 Å². The highest BCUT2D eigenvalue weighted by Gasteiger charge is 2.35. The Labute approximate surface area is 174 Å². The summed E-state index contributed by atoms with van der Waals surface area (Å²) in [7, 11) is 0. The Morgan fingerprint density at radius 2 is 2.10 bits per heavy atom. The summed E-state index contributed by atoms with van der Waals surface area (Å²) in [6, 6.07) is 5.53. The van der Waals surface area contributed by atoms with Crippen molar-refractivity contribution < 1.29 is 23.2 Å². The fourth-order valence-electron chi connectivity index (χ4n) is 2.94. The highest BCUT2D eigenvalue weighted by atomic mass is 32.2. The van der Waals surface area contributed by atoms with Crippen LogP contribution in [-0.4, -0.2) is 39.2 Å². The predicted octanol–water partition coefficient (Wildman–Crippen LogP) is 1.81. The first kappa shape index (κ1) is 19.6. The summed E-state index contributed by atoms with van der Waals surface area (Å²) in [5.74, 6) is 6.93. The largest absolute Gasteiger partial charge is 0.467 e. The molecule has 30 heavy (non-hydrogen) atoms. The lowest BCUT2D eigenvalue weighted by atomic mass is 10.0. The van der Waals surface area contributed by atoms with Crippen molar-refractivity contribution in [2.24, 2.45) is 0 Å². The van der Waals surface area contributed by atoms with Gasteiger partial charge in [0.05, 0.1) is 24.7 Å². The number of nitrogens with one attached hydrogen (secondary N) is 2. The van der Waals surface area contributed by atoms with Gasteiger partial charge in [-0.15, -0.1) is 10.2 Å². The molecule has 0 spiro atoms. The number of carbonyl (C=O) groups excluding carboxylic acids is 2.